The maximum absolute atomic E-state index is 13.6. The molecule has 172 valence electrons. The average molecular weight is 503 g/mol. The summed E-state index contributed by atoms with van der Waals surface area (Å²) < 4.78 is 42.4. The molecule has 0 saturated carbocycles. The summed E-state index contributed by atoms with van der Waals surface area (Å²) in [5, 5.41) is 14.9. The Labute approximate surface area is 194 Å². The minimum absolute atomic E-state index is 0.00878. The highest BCUT2D eigenvalue weighted by Gasteiger charge is 2.38. The Bertz CT molecular complexity index is 1160. The minimum atomic E-state index is -4.17. The van der Waals surface area contributed by atoms with Crippen LogP contribution in [0, 0.1) is 11.7 Å². The number of carbonyl (C=O) groups excluding carboxylic acids is 1. The number of fused-ring (bicyclic) bond motifs is 3. The van der Waals surface area contributed by atoms with Crippen molar-refractivity contribution in [3.63, 3.8) is 0 Å². The van der Waals surface area contributed by atoms with E-state index in [4.69, 9.17) is 23.2 Å². The Kier molecular flexibility index (Phi) is 6.51. The van der Waals surface area contributed by atoms with Crippen LogP contribution in [0.3, 0.4) is 0 Å². The van der Waals surface area contributed by atoms with Gasteiger partial charge in [-0.25, -0.2) is 22.3 Å². The smallest absolute Gasteiger partial charge is 0.323 e. The SMILES string of the molecule is O=C(Nc1ccc(Cl)c(S(=O)(=O)NC2CN3CCC2CC3)c1O)Nc1cccc(F)c1Cl. The largest absolute Gasteiger partial charge is 0.504 e. The molecular formula is C20H21Cl2FN4O4S. The third-order valence-electron chi connectivity index (χ3n) is 5.76. The maximum Gasteiger partial charge on any atom is 0.323 e. The van der Waals surface area contributed by atoms with E-state index in [1.165, 1.54) is 24.3 Å². The van der Waals surface area contributed by atoms with Crippen LogP contribution in [-0.2, 0) is 10.0 Å². The molecule has 0 spiro atoms. The number of anilines is 2. The summed E-state index contributed by atoms with van der Waals surface area (Å²) in [6, 6.07) is 5.27. The lowest BCUT2D eigenvalue weighted by molar-refractivity contribution is 0.0827. The Morgan fingerprint density at radius 2 is 1.78 bits per heavy atom. The molecule has 0 aliphatic carbocycles. The Hall–Kier alpha value is -2.11. The summed E-state index contributed by atoms with van der Waals surface area (Å²) in [5.41, 5.74) is -0.178. The second kappa shape index (κ2) is 9.03. The van der Waals surface area contributed by atoms with E-state index in [9.17, 15) is 22.7 Å². The van der Waals surface area contributed by atoms with Crippen LogP contribution in [0.15, 0.2) is 35.2 Å². The van der Waals surface area contributed by atoms with E-state index in [0.717, 1.165) is 32.0 Å². The molecule has 2 aromatic carbocycles. The molecule has 32 heavy (non-hydrogen) atoms. The minimum Gasteiger partial charge on any atom is -0.504 e. The van der Waals surface area contributed by atoms with Gasteiger partial charge < -0.3 is 20.6 Å². The molecule has 3 heterocycles. The summed E-state index contributed by atoms with van der Waals surface area (Å²) in [5.74, 6) is -1.20. The number of hydrogen-bond donors (Lipinski definition) is 4. The fraction of sp³-hybridized carbons (Fsp3) is 0.350. The van der Waals surface area contributed by atoms with Gasteiger partial charge in [-0.2, -0.15) is 0 Å². The van der Waals surface area contributed by atoms with E-state index in [1.807, 2.05) is 0 Å². The monoisotopic (exact) mass is 502 g/mol. The molecule has 0 aromatic heterocycles. The Morgan fingerprint density at radius 3 is 2.44 bits per heavy atom. The van der Waals surface area contributed by atoms with Crippen molar-refractivity contribution in [1.29, 1.82) is 0 Å². The first kappa shape index (κ1) is 23.1. The average Bonchev–Trinajstić information content (AvgIpc) is 2.74. The zero-order valence-corrected chi connectivity index (χ0v) is 19.1. The van der Waals surface area contributed by atoms with Gasteiger partial charge in [0, 0.05) is 12.6 Å². The summed E-state index contributed by atoms with van der Waals surface area (Å²) in [7, 11) is -4.17. The fourth-order valence-corrected chi connectivity index (χ4v) is 6.24. The van der Waals surface area contributed by atoms with Crippen molar-refractivity contribution < 1.29 is 22.7 Å². The number of phenols is 1. The molecule has 2 bridgehead atoms. The zero-order chi connectivity index (χ0) is 23.0. The van der Waals surface area contributed by atoms with E-state index in [0.29, 0.717) is 6.54 Å². The van der Waals surface area contributed by atoms with Gasteiger partial charge in [0.05, 0.1) is 21.4 Å². The van der Waals surface area contributed by atoms with E-state index in [-0.39, 0.29) is 33.4 Å². The van der Waals surface area contributed by atoms with Crippen LogP contribution in [0.25, 0.3) is 0 Å². The lowest BCUT2D eigenvalue weighted by Gasteiger charge is -2.44. The molecule has 0 radical (unpaired) electrons. The topological polar surface area (TPSA) is 111 Å². The number of phenolic OH excluding ortho intramolecular Hbond substituents is 1. The van der Waals surface area contributed by atoms with Gasteiger partial charge in [-0.05, 0) is 56.1 Å². The van der Waals surface area contributed by atoms with Crippen molar-refractivity contribution in [1.82, 2.24) is 9.62 Å². The van der Waals surface area contributed by atoms with Crippen molar-refractivity contribution >= 4 is 50.6 Å². The van der Waals surface area contributed by atoms with Crippen molar-refractivity contribution in [3.05, 3.63) is 46.2 Å². The first-order chi connectivity index (χ1) is 15.2. The number of benzene rings is 2. The molecule has 3 aliphatic rings. The summed E-state index contributed by atoms with van der Waals surface area (Å²) in [4.78, 5) is 14.0. The molecule has 12 heteroatoms. The highest BCUT2D eigenvalue weighted by atomic mass is 35.5. The number of urea groups is 1. The molecule has 1 atom stereocenters. The van der Waals surface area contributed by atoms with E-state index < -0.39 is 32.5 Å². The number of rotatable bonds is 5. The number of nitrogens with one attached hydrogen (secondary N) is 3. The number of amides is 2. The number of nitrogens with zero attached hydrogens (tertiary/aromatic N) is 1. The van der Waals surface area contributed by atoms with Gasteiger partial charge in [0.2, 0.25) is 10.0 Å². The van der Waals surface area contributed by atoms with Crippen LogP contribution in [0.2, 0.25) is 10.0 Å². The van der Waals surface area contributed by atoms with Crippen LogP contribution in [0.1, 0.15) is 12.8 Å². The fourth-order valence-electron chi connectivity index (χ4n) is 4.14. The number of piperidine rings is 3. The first-order valence-electron chi connectivity index (χ1n) is 9.94. The van der Waals surface area contributed by atoms with Crippen LogP contribution in [-0.4, -0.2) is 50.1 Å². The second-order valence-corrected chi connectivity index (χ2v) is 10.3. The molecule has 4 N–H and O–H groups in total. The van der Waals surface area contributed by atoms with Gasteiger partial charge in [0.25, 0.3) is 0 Å². The third kappa shape index (κ3) is 4.65. The van der Waals surface area contributed by atoms with E-state index >= 15 is 0 Å². The zero-order valence-electron chi connectivity index (χ0n) is 16.7. The van der Waals surface area contributed by atoms with E-state index in [1.54, 1.807) is 0 Å². The van der Waals surface area contributed by atoms with Crippen molar-refractivity contribution in [3.8, 4) is 5.75 Å². The first-order valence-corrected chi connectivity index (χ1v) is 12.2. The second-order valence-electron chi connectivity index (χ2n) is 7.82. The van der Waals surface area contributed by atoms with Gasteiger partial charge in [0.1, 0.15) is 10.7 Å². The summed E-state index contributed by atoms with van der Waals surface area (Å²) >= 11 is 11.9. The van der Waals surface area contributed by atoms with Gasteiger partial charge in [-0.1, -0.05) is 29.3 Å². The summed E-state index contributed by atoms with van der Waals surface area (Å²) in [6.45, 7) is 2.48. The van der Waals surface area contributed by atoms with Crippen molar-refractivity contribution in [2.45, 2.75) is 23.8 Å². The normalized spacial score (nSPS) is 22.5. The Balaban J connectivity index is 1.54. The van der Waals surface area contributed by atoms with Gasteiger partial charge in [0.15, 0.2) is 5.75 Å². The van der Waals surface area contributed by atoms with E-state index in [2.05, 4.69) is 20.3 Å². The molecule has 3 saturated heterocycles. The summed E-state index contributed by atoms with van der Waals surface area (Å²) in [6.07, 6.45) is 1.80. The molecule has 2 aromatic rings. The van der Waals surface area contributed by atoms with Gasteiger partial charge >= 0.3 is 6.03 Å². The standard InChI is InChI=1S/C20H21Cl2FN4O4S/c21-12-4-5-15(25-20(29)24-14-3-1-2-13(23)17(14)22)18(28)19(12)32(30,31)26-16-10-27-8-6-11(16)7-9-27/h1-5,11,16,26,28H,6-10H2,(H2,24,25,29). The van der Waals surface area contributed by atoms with Crippen molar-refractivity contribution in [2.75, 3.05) is 30.3 Å². The molecule has 2 amide bonds. The predicted octanol–water partition coefficient (Wildman–Crippen LogP) is 3.85. The Morgan fingerprint density at radius 1 is 1.09 bits per heavy atom. The quantitative estimate of drug-likeness (QED) is 0.464. The number of sulfonamides is 1. The van der Waals surface area contributed by atoms with Gasteiger partial charge in [-0.3, -0.25) is 0 Å². The number of halogens is 3. The molecule has 5 rings (SSSR count). The maximum atomic E-state index is 13.6. The molecular weight excluding hydrogens is 482 g/mol. The van der Waals surface area contributed by atoms with Crippen LogP contribution in [0.4, 0.5) is 20.6 Å². The molecule has 3 fully saturated rings. The van der Waals surface area contributed by atoms with Crippen LogP contribution >= 0.6 is 23.2 Å². The highest BCUT2D eigenvalue weighted by Crippen LogP contribution is 2.38. The van der Waals surface area contributed by atoms with Crippen LogP contribution in [0.5, 0.6) is 5.75 Å². The molecule has 8 nitrogen and oxygen atoms in total. The lowest BCUT2D eigenvalue weighted by Crippen LogP contribution is -2.57. The molecule has 3 aliphatic heterocycles. The highest BCUT2D eigenvalue weighted by molar-refractivity contribution is 7.89. The third-order valence-corrected chi connectivity index (χ3v) is 8.14. The predicted molar refractivity (Wildman–Crippen MR) is 120 cm³/mol. The van der Waals surface area contributed by atoms with Crippen molar-refractivity contribution in [2.24, 2.45) is 5.92 Å². The lowest BCUT2D eigenvalue weighted by atomic mass is 9.85. The number of aromatic hydroxyl groups is 1. The number of hydrogen-bond acceptors (Lipinski definition) is 5. The van der Waals surface area contributed by atoms with Gasteiger partial charge in [-0.15, -0.1) is 0 Å². The number of carbonyl (C=O) groups is 1. The van der Waals surface area contributed by atoms with Crippen LogP contribution < -0.4 is 15.4 Å². The molecule has 1 unspecified atom stereocenters.